The van der Waals surface area contributed by atoms with Crippen molar-refractivity contribution in [3.8, 4) is 0 Å². The van der Waals surface area contributed by atoms with Gasteiger partial charge in [0.15, 0.2) is 0 Å². The van der Waals surface area contributed by atoms with Gasteiger partial charge in [-0.1, -0.05) is 31.5 Å². The summed E-state index contributed by atoms with van der Waals surface area (Å²) >= 11 is 6.12. The Morgan fingerprint density at radius 1 is 1.33 bits per heavy atom. The largest absolute Gasteiger partial charge is 0.298 e. The van der Waals surface area contributed by atoms with E-state index in [0.717, 1.165) is 12.0 Å². The van der Waals surface area contributed by atoms with Crippen LogP contribution in [0.2, 0.25) is 5.02 Å². The molecule has 0 saturated carbocycles. The summed E-state index contributed by atoms with van der Waals surface area (Å²) in [5.74, 6) is -0.412. The van der Waals surface area contributed by atoms with E-state index in [9.17, 15) is 9.59 Å². The lowest BCUT2D eigenvalue weighted by molar-refractivity contribution is -0.135. The summed E-state index contributed by atoms with van der Waals surface area (Å²) in [5, 5.41) is 6.55. The second kappa shape index (κ2) is 5.11. The lowest BCUT2D eigenvalue weighted by atomic mass is 9.84. The Morgan fingerprint density at radius 3 is 2.81 bits per heavy atom. The fourth-order valence-electron chi connectivity index (χ4n) is 3.38. The van der Waals surface area contributed by atoms with E-state index in [1.165, 1.54) is 5.56 Å². The quantitative estimate of drug-likeness (QED) is 0.825. The maximum atomic E-state index is 12.0. The maximum absolute atomic E-state index is 12.0. The number of carbonyl (C=O) groups is 2. The van der Waals surface area contributed by atoms with E-state index in [4.69, 9.17) is 11.6 Å². The van der Waals surface area contributed by atoms with Crippen LogP contribution in [-0.4, -0.2) is 17.9 Å². The highest BCUT2D eigenvalue weighted by Crippen LogP contribution is 2.46. The number of hydrogen-bond acceptors (Lipinski definition) is 3. The van der Waals surface area contributed by atoms with Crippen LogP contribution in [0, 0.1) is 5.41 Å². The van der Waals surface area contributed by atoms with Gasteiger partial charge in [0, 0.05) is 17.5 Å². The van der Waals surface area contributed by atoms with Gasteiger partial charge >= 0.3 is 0 Å². The summed E-state index contributed by atoms with van der Waals surface area (Å²) in [6, 6.07) is 5.69. The maximum Gasteiger partial charge on any atom is 0.243 e. The number of carbonyl (C=O) groups excluding carboxylic acids is 2. The molecule has 112 valence electrons. The predicted octanol–water partition coefficient (Wildman–Crippen LogP) is 2.36. The first-order valence-corrected chi connectivity index (χ1v) is 7.63. The van der Waals surface area contributed by atoms with Gasteiger partial charge < -0.3 is 0 Å². The molecule has 0 aromatic heterocycles. The van der Waals surface area contributed by atoms with Crippen LogP contribution in [-0.2, 0) is 16.0 Å². The lowest BCUT2D eigenvalue weighted by Crippen LogP contribution is -2.52. The van der Waals surface area contributed by atoms with Gasteiger partial charge in [-0.3, -0.25) is 20.2 Å². The number of halogens is 1. The third kappa shape index (κ3) is 2.70. The average molecular weight is 307 g/mol. The van der Waals surface area contributed by atoms with Gasteiger partial charge in [-0.05, 0) is 41.5 Å². The predicted molar refractivity (Wildman–Crippen MR) is 81.0 cm³/mol. The molecule has 2 aliphatic rings. The smallest absolute Gasteiger partial charge is 0.243 e. The number of hydrogen-bond donors (Lipinski definition) is 2. The van der Waals surface area contributed by atoms with E-state index < -0.39 is 0 Å². The number of piperidine rings is 1. The first kappa shape index (κ1) is 14.5. The molecule has 1 fully saturated rings. The Kier molecular flexibility index (Phi) is 3.54. The van der Waals surface area contributed by atoms with Crippen molar-refractivity contribution >= 4 is 23.4 Å². The first-order valence-electron chi connectivity index (χ1n) is 7.25. The van der Waals surface area contributed by atoms with Crippen molar-refractivity contribution in [1.29, 1.82) is 0 Å². The third-order valence-corrected chi connectivity index (χ3v) is 4.69. The van der Waals surface area contributed by atoms with Crippen molar-refractivity contribution in [3.63, 3.8) is 0 Å². The summed E-state index contributed by atoms with van der Waals surface area (Å²) in [6.45, 7) is 4.37. The summed E-state index contributed by atoms with van der Waals surface area (Å²) in [7, 11) is 0. The van der Waals surface area contributed by atoms with Gasteiger partial charge in [0.2, 0.25) is 11.8 Å². The molecule has 1 aliphatic carbocycles. The highest BCUT2D eigenvalue weighted by atomic mass is 35.5. The normalized spacial score (nSPS) is 27.4. The van der Waals surface area contributed by atoms with Crippen molar-refractivity contribution in [1.82, 2.24) is 10.6 Å². The van der Waals surface area contributed by atoms with Crippen LogP contribution in [0.4, 0.5) is 0 Å². The monoisotopic (exact) mass is 306 g/mol. The molecule has 1 aromatic rings. The van der Waals surface area contributed by atoms with Crippen molar-refractivity contribution in [2.45, 2.75) is 45.2 Å². The van der Waals surface area contributed by atoms with Crippen LogP contribution in [0.3, 0.4) is 0 Å². The molecule has 1 heterocycles. The van der Waals surface area contributed by atoms with Crippen molar-refractivity contribution in [2.75, 3.05) is 0 Å². The highest BCUT2D eigenvalue weighted by molar-refractivity contribution is 6.30. The number of imide groups is 1. The molecular formula is C16H19ClN2O2. The molecule has 1 aromatic carbocycles. The molecule has 5 heteroatoms. The SMILES string of the molecule is CC1(C)Cc2ccc(Cl)cc2C1NC1CCC(=O)NC1=O. The minimum absolute atomic E-state index is 0.00868. The number of fused-ring (bicyclic) bond motifs is 1. The van der Waals surface area contributed by atoms with Gasteiger partial charge in [-0.25, -0.2) is 0 Å². The third-order valence-electron chi connectivity index (χ3n) is 4.45. The topological polar surface area (TPSA) is 58.2 Å². The molecule has 4 nitrogen and oxygen atoms in total. The van der Waals surface area contributed by atoms with E-state index in [1.807, 2.05) is 12.1 Å². The zero-order valence-corrected chi connectivity index (χ0v) is 13.0. The standard InChI is InChI=1S/C16H19ClN2O2/c1-16(2)8-9-3-4-10(17)7-11(9)14(16)18-12-5-6-13(20)19-15(12)21/h3-4,7,12,14,18H,5-6,8H2,1-2H3,(H,19,20,21). The Balaban J connectivity index is 1.86. The Bertz CT molecular complexity index is 612. The highest BCUT2D eigenvalue weighted by Gasteiger charge is 2.41. The minimum atomic E-state index is -0.322. The van der Waals surface area contributed by atoms with Gasteiger partial charge in [0.25, 0.3) is 0 Å². The van der Waals surface area contributed by atoms with E-state index in [2.05, 4.69) is 30.5 Å². The van der Waals surface area contributed by atoms with E-state index in [-0.39, 0.29) is 29.3 Å². The summed E-state index contributed by atoms with van der Waals surface area (Å²) in [4.78, 5) is 23.2. The van der Waals surface area contributed by atoms with Crippen molar-refractivity contribution in [2.24, 2.45) is 5.41 Å². The van der Waals surface area contributed by atoms with Crippen LogP contribution < -0.4 is 10.6 Å². The van der Waals surface area contributed by atoms with Crippen molar-refractivity contribution < 1.29 is 9.59 Å². The molecule has 2 amide bonds. The number of amides is 2. The number of rotatable bonds is 2. The summed E-state index contributed by atoms with van der Waals surface area (Å²) in [5.41, 5.74) is 2.45. The summed E-state index contributed by atoms with van der Waals surface area (Å²) in [6.07, 6.45) is 1.89. The second-order valence-corrected chi connectivity index (χ2v) is 7.05. The molecule has 0 radical (unpaired) electrons. The molecule has 2 N–H and O–H groups in total. The Hall–Kier alpha value is -1.39. The van der Waals surface area contributed by atoms with E-state index in [0.29, 0.717) is 17.9 Å². The molecule has 21 heavy (non-hydrogen) atoms. The van der Waals surface area contributed by atoms with Crippen LogP contribution in [0.5, 0.6) is 0 Å². The molecule has 3 rings (SSSR count). The van der Waals surface area contributed by atoms with Gasteiger partial charge in [-0.15, -0.1) is 0 Å². The number of benzene rings is 1. The van der Waals surface area contributed by atoms with Crippen LogP contribution in [0.25, 0.3) is 0 Å². The molecular weight excluding hydrogens is 288 g/mol. The molecule has 2 atom stereocenters. The Morgan fingerprint density at radius 2 is 2.10 bits per heavy atom. The van der Waals surface area contributed by atoms with Crippen molar-refractivity contribution in [3.05, 3.63) is 34.3 Å². The number of nitrogens with one attached hydrogen (secondary N) is 2. The molecule has 1 aliphatic heterocycles. The van der Waals surface area contributed by atoms with Gasteiger partial charge in [0.1, 0.15) is 0 Å². The molecule has 0 spiro atoms. The molecule has 1 saturated heterocycles. The van der Waals surface area contributed by atoms with E-state index in [1.54, 1.807) is 0 Å². The van der Waals surface area contributed by atoms with Gasteiger partial charge in [-0.2, -0.15) is 0 Å². The fourth-order valence-corrected chi connectivity index (χ4v) is 3.56. The Labute approximate surface area is 129 Å². The van der Waals surface area contributed by atoms with Crippen LogP contribution in [0.1, 0.15) is 43.9 Å². The summed E-state index contributed by atoms with van der Waals surface area (Å²) < 4.78 is 0. The first-order chi connectivity index (χ1) is 9.87. The molecule has 2 unspecified atom stereocenters. The van der Waals surface area contributed by atoms with Crippen LogP contribution >= 0.6 is 11.6 Å². The average Bonchev–Trinajstić information content (AvgIpc) is 2.63. The zero-order valence-electron chi connectivity index (χ0n) is 12.2. The lowest BCUT2D eigenvalue weighted by Gasteiger charge is -2.33. The molecule has 0 bridgehead atoms. The zero-order chi connectivity index (χ0) is 15.2. The van der Waals surface area contributed by atoms with Gasteiger partial charge in [0.05, 0.1) is 6.04 Å². The van der Waals surface area contributed by atoms with Crippen LogP contribution in [0.15, 0.2) is 18.2 Å². The van der Waals surface area contributed by atoms with E-state index >= 15 is 0 Å². The minimum Gasteiger partial charge on any atom is -0.298 e. The second-order valence-electron chi connectivity index (χ2n) is 6.61. The fraction of sp³-hybridized carbons (Fsp3) is 0.500.